The Hall–Kier alpha value is -0.860. The predicted molar refractivity (Wildman–Crippen MR) is 82.5 cm³/mol. The summed E-state index contributed by atoms with van der Waals surface area (Å²) in [5.74, 6) is 0. The van der Waals surface area contributed by atoms with Crippen LogP contribution in [0.25, 0.3) is 0 Å². The summed E-state index contributed by atoms with van der Waals surface area (Å²) < 4.78 is 0. The predicted octanol–water partition coefficient (Wildman–Crippen LogP) is 3.80. The lowest BCUT2D eigenvalue weighted by Crippen LogP contribution is -2.39. The summed E-state index contributed by atoms with van der Waals surface area (Å²) in [6, 6.07) is 8.96. The van der Waals surface area contributed by atoms with Crippen molar-refractivity contribution in [1.82, 2.24) is 5.32 Å². The van der Waals surface area contributed by atoms with Crippen LogP contribution in [0, 0.1) is 0 Å². The molecular weight excluding hydrogens is 234 g/mol. The van der Waals surface area contributed by atoms with Gasteiger partial charge in [-0.3, -0.25) is 0 Å². The van der Waals surface area contributed by atoms with Gasteiger partial charge >= 0.3 is 0 Å². The van der Waals surface area contributed by atoms with Crippen LogP contribution in [0.4, 0.5) is 0 Å². The average molecular weight is 263 g/mol. The molecule has 2 N–H and O–H groups in total. The van der Waals surface area contributed by atoms with E-state index in [-0.39, 0.29) is 23.6 Å². The van der Waals surface area contributed by atoms with Gasteiger partial charge in [0.15, 0.2) is 0 Å². The van der Waals surface area contributed by atoms with Crippen LogP contribution < -0.4 is 5.32 Å². The van der Waals surface area contributed by atoms with Crippen LogP contribution in [0.1, 0.15) is 65.1 Å². The van der Waals surface area contributed by atoms with Crippen molar-refractivity contribution in [2.45, 2.75) is 65.0 Å². The zero-order chi connectivity index (χ0) is 14.7. The topological polar surface area (TPSA) is 32.3 Å². The van der Waals surface area contributed by atoms with E-state index in [1.807, 2.05) is 0 Å². The summed E-state index contributed by atoms with van der Waals surface area (Å²) in [6.07, 6.45) is 0.742. The monoisotopic (exact) mass is 263 g/mol. The summed E-state index contributed by atoms with van der Waals surface area (Å²) in [5.41, 5.74) is 2.82. The van der Waals surface area contributed by atoms with Crippen LogP contribution in [-0.4, -0.2) is 17.3 Å². The first-order valence-electron chi connectivity index (χ1n) is 7.12. The van der Waals surface area contributed by atoms with Crippen LogP contribution in [0.2, 0.25) is 0 Å². The Kier molecular flexibility index (Phi) is 5.17. The molecule has 2 heteroatoms. The van der Waals surface area contributed by atoms with E-state index in [4.69, 9.17) is 0 Å². The lowest BCUT2D eigenvalue weighted by atomic mass is 9.86. The average Bonchev–Trinajstić information content (AvgIpc) is 2.26. The molecule has 0 radical (unpaired) electrons. The van der Waals surface area contributed by atoms with Crippen molar-refractivity contribution in [3.05, 3.63) is 35.4 Å². The van der Waals surface area contributed by atoms with Gasteiger partial charge in [0, 0.05) is 18.2 Å². The molecule has 1 rings (SSSR count). The van der Waals surface area contributed by atoms with Crippen LogP contribution in [0.3, 0.4) is 0 Å². The van der Waals surface area contributed by atoms with Crippen LogP contribution in [-0.2, 0) is 5.41 Å². The van der Waals surface area contributed by atoms with Crippen molar-refractivity contribution < 1.29 is 5.11 Å². The number of benzene rings is 1. The summed E-state index contributed by atoms with van der Waals surface area (Å²) in [7, 11) is 0. The highest BCUT2D eigenvalue weighted by Gasteiger charge is 2.19. The van der Waals surface area contributed by atoms with Gasteiger partial charge in [0.05, 0.1) is 0 Å². The highest BCUT2D eigenvalue weighted by Crippen LogP contribution is 2.25. The Morgan fingerprint density at radius 2 is 1.53 bits per heavy atom. The molecule has 1 unspecified atom stereocenters. The molecular formula is C17H29NO. The second kappa shape index (κ2) is 6.06. The molecule has 0 aliphatic carbocycles. The van der Waals surface area contributed by atoms with Gasteiger partial charge in [-0.1, -0.05) is 45.0 Å². The van der Waals surface area contributed by atoms with E-state index in [2.05, 4.69) is 71.1 Å². The molecule has 0 aliphatic heterocycles. The molecule has 0 amide bonds. The van der Waals surface area contributed by atoms with Gasteiger partial charge in [-0.25, -0.2) is 0 Å². The van der Waals surface area contributed by atoms with Gasteiger partial charge in [0.2, 0.25) is 0 Å². The van der Waals surface area contributed by atoms with E-state index in [0.29, 0.717) is 0 Å². The Morgan fingerprint density at radius 3 is 1.89 bits per heavy atom. The van der Waals surface area contributed by atoms with Crippen molar-refractivity contribution in [3.8, 4) is 0 Å². The minimum absolute atomic E-state index is 0.0442. The largest absolute Gasteiger partial charge is 0.396 e. The molecule has 0 saturated carbocycles. The van der Waals surface area contributed by atoms with Gasteiger partial charge < -0.3 is 10.4 Å². The van der Waals surface area contributed by atoms with E-state index in [0.717, 1.165) is 6.42 Å². The molecule has 2 nitrogen and oxygen atoms in total. The maximum absolute atomic E-state index is 9.24. The Morgan fingerprint density at radius 1 is 1.00 bits per heavy atom. The lowest BCUT2D eigenvalue weighted by molar-refractivity contribution is 0.247. The molecule has 0 aliphatic rings. The van der Waals surface area contributed by atoms with Crippen LogP contribution >= 0.6 is 0 Å². The molecule has 0 bridgehead atoms. The number of aliphatic hydroxyl groups is 1. The fourth-order valence-electron chi connectivity index (χ4n) is 2.19. The van der Waals surface area contributed by atoms with E-state index in [1.165, 1.54) is 11.1 Å². The first kappa shape index (κ1) is 16.2. The Balaban J connectivity index is 2.91. The summed E-state index contributed by atoms with van der Waals surface area (Å²) in [4.78, 5) is 0. The smallest absolute Gasteiger partial charge is 0.0449 e. The third-order valence-electron chi connectivity index (χ3n) is 3.20. The molecule has 108 valence electrons. The minimum Gasteiger partial charge on any atom is -0.396 e. The molecule has 0 aromatic heterocycles. The zero-order valence-electron chi connectivity index (χ0n) is 13.2. The molecule has 0 heterocycles. The van der Waals surface area contributed by atoms with Gasteiger partial charge in [0.25, 0.3) is 0 Å². The van der Waals surface area contributed by atoms with Gasteiger partial charge in [-0.2, -0.15) is 0 Å². The zero-order valence-corrected chi connectivity index (χ0v) is 13.2. The first-order chi connectivity index (χ1) is 8.63. The third-order valence-corrected chi connectivity index (χ3v) is 3.20. The number of hydrogen-bond donors (Lipinski definition) is 2. The number of hydrogen-bond acceptors (Lipinski definition) is 2. The van der Waals surface area contributed by atoms with Crippen molar-refractivity contribution in [2.24, 2.45) is 0 Å². The number of aliphatic hydroxyl groups excluding tert-OH is 1. The molecule has 1 aromatic carbocycles. The van der Waals surface area contributed by atoms with Gasteiger partial charge in [-0.15, -0.1) is 0 Å². The molecule has 1 atom stereocenters. The molecule has 19 heavy (non-hydrogen) atoms. The highest BCUT2D eigenvalue weighted by molar-refractivity contribution is 5.29. The van der Waals surface area contributed by atoms with Gasteiger partial charge in [-0.05, 0) is 43.7 Å². The third kappa shape index (κ3) is 5.33. The maximum Gasteiger partial charge on any atom is 0.0449 e. The van der Waals surface area contributed by atoms with Gasteiger partial charge in [0.1, 0.15) is 0 Å². The minimum atomic E-state index is 0.0442. The Bertz CT molecular complexity index is 381. The van der Waals surface area contributed by atoms with Crippen molar-refractivity contribution >= 4 is 0 Å². The standard InChI is InChI=1S/C17H29NO/c1-16(2,3)14-9-7-13(8-10-14)15(11-12-19)18-17(4,5)6/h7-10,15,18-19H,11-12H2,1-6H3. The number of rotatable bonds is 4. The Labute approximate surface area is 118 Å². The van der Waals surface area contributed by atoms with E-state index < -0.39 is 0 Å². The molecule has 0 saturated heterocycles. The van der Waals surface area contributed by atoms with Crippen LogP contribution in [0.5, 0.6) is 0 Å². The van der Waals surface area contributed by atoms with E-state index >= 15 is 0 Å². The first-order valence-corrected chi connectivity index (χ1v) is 7.12. The molecule has 0 spiro atoms. The summed E-state index contributed by atoms with van der Waals surface area (Å²) in [6.45, 7) is 13.3. The van der Waals surface area contributed by atoms with E-state index in [1.54, 1.807) is 0 Å². The fourth-order valence-corrected chi connectivity index (χ4v) is 2.19. The summed E-state index contributed by atoms with van der Waals surface area (Å²) in [5, 5.41) is 12.8. The quantitative estimate of drug-likeness (QED) is 0.866. The second-order valence-electron chi connectivity index (χ2n) is 7.33. The van der Waals surface area contributed by atoms with E-state index in [9.17, 15) is 5.11 Å². The second-order valence-corrected chi connectivity index (χ2v) is 7.33. The molecule has 1 aromatic rings. The summed E-state index contributed by atoms with van der Waals surface area (Å²) >= 11 is 0. The normalized spacial score (nSPS) is 14.5. The fraction of sp³-hybridized carbons (Fsp3) is 0.647. The number of nitrogens with one attached hydrogen (secondary N) is 1. The van der Waals surface area contributed by atoms with Crippen molar-refractivity contribution in [1.29, 1.82) is 0 Å². The maximum atomic E-state index is 9.24. The highest BCUT2D eigenvalue weighted by atomic mass is 16.3. The molecule has 0 fully saturated rings. The SMILES string of the molecule is CC(C)(C)NC(CCO)c1ccc(C(C)(C)C)cc1. The van der Waals surface area contributed by atoms with Crippen LogP contribution in [0.15, 0.2) is 24.3 Å². The van der Waals surface area contributed by atoms with Crippen molar-refractivity contribution in [2.75, 3.05) is 6.61 Å². The lowest BCUT2D eigenvalue weighted by Gasteiger charge is -2.29. The van der Waals surface area contributed by atoms with Crippen molar-refractivity contribution in [3.63, 3.8) is 0 Å².